The maximum absolute atomic E-state index is 12.8. The van der Waals surface area contributed by atoms with Crippen LogP contribution in [0.3, 0.4) is 0 Å². The standard InChI is InChI=1S/C22H16N2O5/c1-12-8-18-19(9-13(12)2)29-20-11-15(6-7-17(20)21(18)25)23-22(26)14-4-3-5-16(10-14)24(27)28/h3-11H,1-2H3,(H,23,26). The first-order chi connectivity index (χ1) is 13.8. The summed E-state index contributed by atoms with van der Waals surface area (Å²) in [6.45, 7) is 3.87. The highest BCUT2D eigenvalue weighted by Gasteiger charge is 2.14. The van der Waals surface area contributed by atoms with Crippen LogP contribution < -0.4 is 10.7 Å². The average molecular weight is 388 g/mol. The number of fused-ring (bicyclic) bond motifs is 2. The molecule has 0 atom stereocenters. The summed E-state index contributed by atoms with van der Waals surface area (Å²) >= 11 is 0. The van der Waals surface area contributed by atoms with Crippen molar-refractivity contribution < 1.29 is 14.1 Å². The molecule has 3 aromatic carbocycles. The van der Waals surface area contributed by atoms with Crippen LogP contribution in [0.5, 0.6) is 0 Å². The Bertz CT molecular complexity index is 1370. The largest absolute Gasteiger partial charge is 0.456 e. The molecule has 7 nitrogen and oxygen atoms in total. The number of non-ortho nitro benzene ring substituents is 1. The minimum atomic E-state index is -0.559. The summed E-state index contributed by atoms with van der Waals surface area (Å²) in [5.74, 6) is -0.498. The molecule has 0 saturated heterocycles. The van der Waals surface area contributed by atoms with Crippen LogP contribution in [0.25, 0.3) is 21.9 Å². The molecule has 0 unspecified atom stereocenters. The van der Waals surface area contributed by atoms with Crippen molar-refractivity contribution >= 4 is 39.2 Å². The average Bonchev–Trinajstić information content (AvgIpc) is 2.70. The molecule has 0 bridgehead atoms. The van der Waals surface area contributed by atoms with Crippen LogP contribution in [0.2, 0.25) is 0 Å². The van der Waals surface area contributed by atoms with E-state index in [0.717, 1.165) is 11.1 Å². The van der Waals surface area contributed by atoms with Crippen LogP contribution in [0.15, 0.2) is 63.8 Å². The Hall–Kier alpha value is -4.00. The van der Waals surface area contributed by atoms with Gasteiger partial charge in [0.1, 0.15) is 11.2 Å². The molecule has 0 aliphatic carbocycles. The summed E-state index contributed by atoms with van der Waals surface area (Å²) in [4.78, 5) is 35.6. The van der Waals surface area contributed by atoms with E-state index in [2.05, 4.69) is 5.32 Å². The van der Waals surface area contributed by atoms with Crippen LogP contribution in [-0.2, 0) is 0 Å². The number of aryl methyl sites for hydroxylation is 2. The molecular formula is C22H16N2O5. The second kappa shape index (κ2) is 6.87. The molecule has 0 saturated carbocycles. The highest BCUT2D eigenvalue weighted by Crippen LogP contribution is 2.24. The highest BCUT2D eigenvalue weighted by molar-refractivity contribution is 6.05. The van der Waals surface area contributed by atoms with Crippen molar-refractivity contribution in [3.05, 3.63) is 91.6 Å². The third-order valence-corrected chi connectivity index (χ3v) is 4.86. The molecule has 1 N–H and O–H groups in total. The summed E-state index contributed by atoms with van der Waals surface area (Å²) in [5.41, 5.74) is 3.11. The van der Waals surface area contributed by atoms with Gasteiger partial charge in [-0.25, -0.2) is 0 Å². The number of hydrogen-bond acceptors (Lipinski definition) is 5. The molecule has 0 fully saturated rings. The maximum Gasteiger partial charge on any atom is 0.270 e. The van der Waals surface area contributed by atoms with E-state index in [-0.39, 0.29) is 16.7 Å². The lowest BCUT2D eigenvalue weighted by Gasteiger charge is -2.08. The smallest absolute Gasteiger partial charge is 0.270 e. The normalized spacial score (nSPS) is 11.0. The SMILES string of the molecule is Cc1cc2oc3cc(NC(=O)c4cccc([N+](=O)[O-])c4)ccc3c(=O)c2cc1C. The number of amides is 1. The van der Waals surface area contributed by atoms with Gasteiger partial charge in [-0.1, -0.05) is 6.07 Å². The molecular weight excluding hydrogens is 372 g/mol. The lowest BCUT2D eigenvalue weighted by atomic mass is 10.1. The number of nitrogens with zero attached hydrogens (tertiary/aromatic N) is 1. The van der Waals surface area contributed by atoms with E-state index in [0.29, 0.717) is 27.6 Å². The van der Waals surface area contributed by atoms with E-state index in [1.54, 1.807) is 18.2 Å². The fourth-order valence-corrected chi connectivity index (χ4v) is 3.15. The number of nitro groups is 1. The van der Waals surface area contributed by atoms with Crippen LogP contribution in [0, 0.1) is 24.0 Å². The highest BCUT2D eigenvalue weighted by atomic mass is 16.6. The zero-order chi connectivity index (χ0) is 20.7. The van der Waals surface area contributed by atoms with Crippen molar-refractivity contribution in [2.24, 2.45) is 0 Å². The topological polar surface area (TPSA) is 102 Å². The van der Waals surface area contributed by atoms with Gasteiger partial charge in [-0.05, 0) is 55.3 Å². The van der Waals surface area contributed by atoms with Crippen LogP contribution in [0.1, 0.15) is 21.5 Å². The van der Waals surface area contributed by atoms with Gasteiger partial charge in [0.2, 0.25) is 5.43 Å². The monoisotopic (exact) mass is 388 g/mol. The first kappa shape index (κ1) is 18.4. The number of nitrogens with one attached hydrogen (secondary N) is 1. The van der Waals surface area contributed by atoms with Crippen molar-refractivity contribution in [1.82, 2.24) is 0 Å². The maximum atomic E-state index is 12.8. The predicted molar refractivity (Wildman–Crippen MR) is 111 cm³/mol. The molecule has 1 aromatic heterocycles. The molecule has 0 spiro atoms. The summed E-state index contributed by atoms with van der Waals surface area (Å²) in [6, 6.07) is 13.9. The molecule has 0 aliphatic heterocycles. The number of nitro benzene ring substituents is 1. The number of anilines is 1. The lowest BCUT2D eigenvalue weighted by molar-refractivity contribution is -0.384. The van der Waals surface area contributed by atoms with Gasteiger partial charge in [0.15, 0.2) is 0 Å². The van der Waals surface area contributed by atoms with Crippen molar-refractivity contribution in [1.29, 1.82) is 0 Å². The first-order valence-corrected chi connectivity index (χ1v) is 8.87. The Morgan fingerprint density at radius 3 is 2.45 bits per heavy atom. The molecule has 0 aliphatic rings. The summed E-state index contributed by atoms with van der Waals surface area (Å²) in [5, 5.41) is 14.5. The number of benzene rings is 3. The van der Waals surface area contributed by atoms with Crippen molar-refractivity contribution in [3.8, 4) is 0 Å². The van der Waals surface area contributed by atoms with Crippen molar-refractivity contribution in [2.75, 3.05) is 5.32 Å². The number of carbonyl (C=O) groups excluding carboxylic acids is 1. The zero-order valence-electron chi connectivity index (χ0n) is 15.7. The first-order valence-electron chi connectivity index (χ1n) is 8.87. The lowest BCUT2D eigenvalue weighted by Crippen LogP contribution is -2.12. The Labute approximate surface area is 164 Å². The molecule has 29 heavy (non-hydrogen) atoms. The van der Waals surface area contributed by atoms with Crippen LogP contribution in [0.4, 0.5) is 11.4 Å². The molecule has 4 rings (SSSR count). The van der Waals surface area contributed by atoms with Gasteiger partial charge in [-0.2, -0.15) is 0 Å². The van der Waals surface area contributed by atoms with Gasteiger partial charge in [0, 0.05) is 29.4 Å². The Morgan fingerprint density at radius 1 is 0.966 bits per heavy atom. The number of hydrogen-bond donors (Lipinski definition) is 1. The van der Waals surface area contributed by atoms with E-state index in [1.165, 1.54) is 24.3 Å². The Morgan fingerprint density at radius 2 is 1.69 bits per heavy atom. The van der Waals surface area contributed by atoms with Gasteiger partial charge in [-0.3, -0.25) is 19.7 Å². The van der Waals surface area contributed by atoms with E-state index in [4.69, 9.17) is 4.42 Å². The summed E-state index contributed by atoms with van der Waals surface area (Å²) < 4.78 is 5.90. The minimum absolute atomic E-state index is 0.138. The second-order valence-corrected chi connectivity index (χ2v) is 6.84. The Balaban J connectivity index is 1.74. The van der Waals surface area contributed by atoms with Gasteiger partial charge >= 0.3 is 0 Å². The van der Waals surface area contributed by atoms with E-state index >= 15 is 0 Å². The predicted octanol–water partition coefficient (Wildman–Crippen LogP) is 4.72. The van der Waals surface area contributed by atoms with Gasteiger partial charge in [0.25, 0.3) is 11.6 Å². The van der Waals surface area contributed by atoms with E-state index < -0.39 is 10.8 Å². The van der Waals surface area contributed by atoms with Gasteiger partial charge < -0.3 is 9.73 Å². The van der Waals surface area contributed by atoms with E-state index in [9.17, 15) is 19.7 Å². The van der Waals surface area contributed by atoms with Crippen molar-refractivity contribution in [3.63, 3.8) is 0 Å². The summed E-state index contributed by atoms with van der Waals surface area (Å²) in [6.07, 6.45) is 0. The quantitative estimate of drug-likeness (QED) is 0.311. The molecule has 1 heterocycles. The van der Waals surface area contributed by atoms with Gasteiger partial charge in [0.05, 0.1) is 15.7 Å². The molecule has 7 heteroatoms. The molecule has 4 aromatic rings. The van der Waals surface area contributed by atoms with E-state index in [1.807, 2.05) is 26.0 Å². The summed E-state index contributed by atoms with van der Waals surface area (Å²) in [7, 11) is 0. The number of carbonyl (C=O) groups is 1. The fourth-order valence-electron chi connectivity index (χ4n) is 3.15. The van der Waals surface area contributed by atoms with Crippen LogP contribution >= 0.6 is 0 Å². The zero-order valence-corrected chi connectivity index (χ0v) is 15.7. The third kappa shape index (κ3) is 3.34. The second-order valence-electron chi connectivity index (χ2n) is 6.84. The van der Waals surface area contributed by atoms with Crippen LogP contribution in [-0.4, -0.2) is 10.8 Å². The molecule has 1 amide bonds. The minimum Gasteiger partial charge on any atom is -0.456 e. The Kier molecular flexibility index (Phi) is 4.35. The number of rotatable bonds is 3. The van der Waals surface area contributed by atoms with Crippen molar-refractivity contribution in [2.45, 2.75) is 13.8 Å². The fraction of sp³-hybridized carbons (Fsp3) is 0.0909. The third-order valence-electron chi connectivity index (χ3n) is 4.86. The molecule has 144 valence electrons. The molecule has 0 radical (unpaired) electrons. The van der Waals surface area contributed by atoms with Gasteiger partial charge in [-0.15, -0.1) is 0 Å².